The average Bonchev–Trinajstić information content (AvgIpc) is 2.22. The zero-order chi connectivity index (χ0) is 10.7. The first-order valence-corrected chi connectivity index (χ1v) is 5.49. The van der Waals surface area contributed by atoms with Crippen molar-refractivity contribution >= 4 is 5.82 Å². The average molecular weight is 207 g/mol. The lowest BCUT2D eigenvalue weighted by atomic mass is 9.93. The molecule has 0 bridgehead atoms. The van der Waals surface area contributed by atoms with Gasteiger partial charge in [0, 0.05) is 6.20 Å². The Labute approximate surface area is 89.8 Å². The summed E-state index contributed by atoms with van der Waals surface area (Å²) in [6.45, 7) is 1.91. The van der Waals surface area contributed by atoms with E-state index in [1.54, 1.807) is 12.4 Å². The molecule has 4 nitrogen and oxygen atoms in total. The molecule has 1 heterocycles. The molecule has 1 saturated carbocycles. The van der Waals surface area contributed by atoms with Crippen LogP contribution < -0.4 is 5.32 Å². The molecule has 1 aromatic heterocycles. The summed E-state index contributed by atoms with van der Waals surface area (Å²) < 4.78 is 0. The third-order valence-electron chi connectivity index (χ3n) is 2.82. The van der Waals surface area contributed by atoms with Gasteiger partial charge in [-0.15, -0.1) is 0 Å². The number of aryl methyl sites for hydroxylation is 1. The maximum atomic E-state index is 9.79. The highest BCUT2D eigenvalue weighted by atomic mass is 16.3. The number of anilines is 1. The van der Waals surface area contributed by atoms with Crippen LogP contribution in [0, 0.1) is 6.92 Å². The molecule has 1 aliphatic carbocycles. The molecule has 1 aromatic rings. The number of aliphatic hydroxyl groups is 1. The van der Waals surface area contributed by atoms with E-state index in [9.17, 15) is 5.11 Å². The van der Waals surface area contributed by atoms with Crippen molar-refractivity contribution in [3.8, 4) is 0 Å². The molecule has 4 heteroatoms. The quantitative estimate of drug-likeness (QED) is 0.771. The van der Waals surface area contributed by atoms with Crippen LogP contribution in [0.4, 0.5) is 5.82 Å². The van der Waals surface area contributed by atoms with Gasteiger partial charge >= 0.3 is 0 Å². The van der Waals surface area contributed by atoms with Gasteiger partial charge < -0.3 is 10.4 Å². The van der Waals surface area contributed by atoms with Crippen molar-refractivity contribution in [3.05, 3.63) is 18.1 Å². The summed E-state index contributed by atoms with van der Waals surface area (Å²) >= 11 is 0. The Morgan fingerprint density at radius 3 is 2.87 bits per heavy atom. The molecule has 1 aliphatic rings. The van der Waals surface area contributed by atoms with E-state index in [1.165, 1.54) is 6.42 Å². The molecular formula is C11H17N3O. The van der Waals surface area contributed by atoms with Gasteiger partial charge in [-0.3, -0.25) is 4.98 Å². The fourth-order valence-electron chi connectivity index (χ4n) is 2.00. The minimum Gasteiger partial charge on any atom is -0.391 e. The highest BCUT2D eigenvalue weighted by Crippen LogP contribution is 2.21. The van der Waals surface area contributed by atoms with Crippen molar-refractivity contribution in [2.75, 3.05) is 5.32 Å². The van der Waals surface area contributed by atoms with E-state index in [0.717, 1.165) is 30.8 Å². The summed E-state index contributed by atoms with van der Waals surface area (Å²) in [5.74, 6) is 0.765. The van der Waals surface area contributed by atoms with Crippen LogP contribution in [0.5, 0.6) is 0 Å². The van der Waals surface area contributed by atoms with Gasteiger partial charge in [-0.2, -0.15) is 0 Å². The molecule has 2 rings (SSSR count). The van der Waals surface area contributed by atoms with Crippen LogP contribution in [-0.4, -0.2) is 27.2 Å². The van der Waals surface area contributed by atoms with Crippen LogP contribution in [0.15, 0.2) is 12.4 Å². The van der Waals surface area contributed by atoms with Gasteiger partial charge in [-0.05, 0) is 19.8 Å². The summed E-state index contributed by atoms with van der Waals surface area (Å²) in [7, 11) is 0. The Morgan fingerprint density at radius 1 is 1.33 bits per heavy atom. The molecular weight excluding hydrogens is 190 g/mol. The van der Waals surface area contributed by atoms with E-state index in [2.05, 4.69) is 15.3 Å². The summed E-state index contributed by atoms with van der Waals surface area (Å²) in [5.41, 5.74) is 0.894. The highest BCUT2D eigenvalue weighted by Gasteiger charge is 2.22. The number of hydrogen-bond donors (Lipinski definition) is 2. The van der Waals surface area contributed by atoms with E-state index in [0.29, 0.717) is 0 Å². The number of nitrogens with zero attached hydrogens (tertiary/aromatic N) is 2. The number of rotatable bonds is 2. The largest absolute Gasteiger partial charge is 0.391 e. The van der Waals surface area contributed by atoms with Crippen molar-refractivity contribution in [1.82, 2.24) is 9.97 Å². The number of aliphatic hydroxyl groups excluding tert-OH is 1. The second-order valence-corrected chi connectivity index (χ2v) is 4.15. The minimum atomic E-state index is -0.249. The Bertz CT molecular complexity index is 329. The van der Waals surface area contributed by atoms with Crippen molar-refractivity contribution in [3.63, 3.8) is 0 Å². The molecule has 0 aromatic carbocycles. The fourth-order valence-corrected chi connectivity index (χ4v) is 2.00. The molecule has 2 N–H and O–H groups in total. The first-order valence-electron chi connectivity index (χ1n) is 5.49. The van der Waals surface area contributed by atoms with Gasteiger partial charge in [0.05, 0.1) is 24.0 Å². The standard InChI is InChI=1S/C11H17N3O/c1-8-6-12-7-11(13-8)14-9-4-2-3-5-10(9)15/h6-7,9-10,15H,2-5H2,1H3,(H,13,14)/t9-,10-/m0/s1. The first-order chi connectivity index (χ1) is 7.25. The lowest BCUT2D eigenvalue weighted by Crippen LogP contribution is -2.36. The monoisotopic (exact) mass is 207 g/mol. The second-order valence-electron chi connectivity index (χ2n) is 4.15. The van der Waals surface area contributed by atoms with E-state index in [4.69, 9.17) is 0 Å². The van der Waals surface area contributed by atoms with Crippen LogP contribution in [0.2, 0.25) is 0 Å². The van der Waals surface area contributed by atoms with E-state index < -0.39 is 0 Å². The number of aromatic nitrogens is 2. The maximum Gasteiger partial charge on any atom is 0.145 e. The molecule has 15 heavy (non-hydrogen) atoms. The second kappa shape index (κ2) is 4.57. The number of nitrogens with one attached hydrogen (secondary N) is 1. The molecule has 0 unspecified atom stereocenters. The zero-order valence-electron chi connectivity index (χ0n) is 8.98. The molecule has 1 fully saturated rings. The Kier molecular flexibility index (Phi) is 3.16. The van der Waals surface area contributed by atoms with Crippen molar-refractivity contribution < 1.29 is 5.11 Å². The first kappa shape index (κ1) is 10.4. The molecule has 2 atom stereocenters. The van der Waals surface area contributed by atoms with Gasteiger partial charge in [-0.1, -0.05) is 12.8 Å². The summed E-state index contributed by atoms with van der Waals surface area (Å²) in [4.78, 5) is 8.39. The maximum absolute atomic E-state index is 9.79. The molecule has 0 amide bonds. The Balaban J connectivity index is 2.01. The van der Waals surface area contributed by atoms with E-state index in [1.807, 2.05) is 6.92 Å². The Morgan fingerprint density at radius 2 is 2.13 bits per heavy atom. The van der Waals surface area contributed by atoms with Gasteiger partial charge in [0.25, 0.3) is 0 Å². The van der Waals surface area contributed by atoms with Gasteiger partial charge in [0.2, 0.25) is 0 Å². The SMILES string of the molecule is Cc1cncc(N[C@H]2CCCC[C@@H]2O)n1. The van der Waals surface area contributed by atoms with E-state index in [-0.39, 0.29) is 12.1 Å². The molecule has 0 saturated heterocycles. The van der Waals surface area contributed by atoms with Crippen LogP contribution in [-0.2, 0) is 0 Å². The van der Waals surface area contributed by atoms with Crippen LogP contribution >= 0.6 is 0 Å². The van der Waals surface area contributed by atoms with Crippen molar-refractivity contribution in [2.24, 2.45) is 0 Å². The minimum absolute atomic E-state index is 0.134. The molecule has 0 radical (unpaired) electrons. The van der Waals surface area contributed by atoms with Crippen LogP contribution in [0.1, 0.15) is 31.4 Å². The normalized spacial score (nSPS) is 26.3. The van der Waals surface area contributed by atoms with Crippen LogP contribution in [0.3, 0.4) is 0 Å². The predicted molar refractivity (Wildman–Crippen MR) is 58.7 cm³/mol. The Hall–Kier alpha value is -1.16. The smallest absolute Gasteiger partial charge is 0.145 e. The van der Waals surface area contributed by atoms with Crippen molar-refractivity contribution in [2.45, 2.75) is 44.8 Å². The summed E-state index contributed by atoms with van der Waals surface area (Å²) in [6, 6.07) is 0.134. The van der Waals surface area contributed by atoms with Gasteiger partial charge in [0.15, 0.2) is 0 Å². The summed E-state index contributed by atoms with van der Waals surface area (Å²) in [5, 5.41) is 13.0. The van der Waals surface area contributed by atoms with Gasteiger partial charge in [0.1, 0.15) is 5.82 Å². The highest BCUT2D eigenvalue weighted by molar-refractivity contribution is 5.33. The van der Waals surface area contributed by atoms with Gasteiger partial charge in [-0.25, -0.2) is 4.98 Å². The fraction of sp³-hybridized carbons (Fsp3) is 0.636. The third kappa shape index (κ3) is 2.65. The molecule has 82 valence electrons. The number of hydrogen-bond acceptors (Lipinski definition) is 4. The third-order valence-corrected chi connectivity index (χ3v) is 2.82. The lowest BCUT2D eigenvalue weighted by Gasteiger charge is -2.28. The molecule has 0 spiro atoms. The van der Waals surface area contributed by atoms with Crippen molar-refractivity contribution in [1.29, 1.82) is 0 Å². The topological polar surface area (TPSA) is 58.0 Å². The van der Waals surface area contributed by atoms with Crippen LogP contribution in [0.25, 0.3) is 0 Å². The molecule has 0 aliphatic heterocycles. The van der Waals surface area contributed by atoms with E-state index >= 15 is 0 Å². The predicted octanol–water partition coefficient (Wildman–Crippen LogP) is 1.50. The summed E-state index contributed by atoms with van der Waals surface area (Å²) in [6.07, 6.45) is 7.37. The zero-order valence-corrected chi connectivity index (χ0v) is 8.98. The lowest BCUT2D eigenvalue weighted by molar-refractivity contribution is 0.116.